The number of rotatable bonds is 9. The van der Waals surface area contributed by atoms with Crippen molar-refractivity contribution in [3.63, 3.8) is 0 Å². The van der Waals surface area contributed by atoms with Crippen LogP contribution in [0.1, 0.15) is 22.8 Å². The number of ether oxygens (including phenoxy) is 2. The van der Waals surface area contributed by atoms with Gasteiger partial charge >= 0.3 is 0 Å². The Kier molecular flexibility index (Phi) is 9.31. The molecule has 1 aliphatic heterocycles. The number of carbonyl (C=O) groups is 3. The van der Waals surface area contributed by atoms with Crippen molar-refractivity contribution in [2.24, 2.45) is 0 Å². The van der Waals surface area contributed by atoms with Gasteiger partial charge in [-0.25, -0.2) is 0 Å². The van der Waals surface area contributed by atoms with Crippen LogP contribution in [0.4, 0.5) is 11.4 Å². The largest absolute Gasteiger partial charge is 0.486 e. The van der Waals surface area contributed by atoms with Gasteiger partial charge in [-0.3, -0.25) is 14.4 Å². The quantitative estimate of drug-likeness (QED) is 0.118. The van der Waals surface area contributed by atoms with Gasteiger partial charge in [0, 0.05) is 27.9 Å². The van der Waals surface area contributed by atoms with Crippen molar-refractivity contribution in [2.75, 3.05) is 23.8 Å². The molecule has 1 aliphatic rings. The molecule has 6 rings (SSSR count). The first kappa shape index (κ1) is 30.5. The van der Waals surface area contributed by atoms with Crippen LogP contribution < -0.4 is 25.4 Å². The van der Waals surface area contributed by atoms with E-state index >= 15 is 0 Å². The molecule has 0 spiro atoms. The lowest BCUT2D eigenvalue weighted by Crippen LogP contribution is -2.30. The minimum Gasteiger partial charge on any atom is -0.486 e. The SMILES string of the molecule is CC(Sc1ccc(NC(=O)/C(=C/c2cccc3ccccc23)NC(=O)c2ccccc2)cc1)C(=O)Nc1ccc2c(c1)OCCO2. The molecule has 8 nitrogen and oxygen atoms in total. The standard InChI is InChI=1S/C37H31N3O5S/c1-24(35(41)39-29-16-19-33-34(23-29)45-21-20-44-33)46-30-17-14-28(15-18-30)38-37(43)32(40-36(42)26-9-3-2-4-10-26)22-27-12-7-11-25-8-5-6-13-31(25)27/h2-19,22-24H,20-21H2,1H3,(H,38,43)(H,39,41)(H,40,42)/b32-22-. The van der Waals surface area contributed by atoms with Gasteiger partial charge in [-0.2, -0.15) is 0 Å². The van der Waals surface area contributed by atoms with Crippen molar-refractivity contribution < 1.29 is 23.9 Å². The molecule has 1 heterocycles. The molecule has 9 heteroatoms. The van der Waals surface area contributed by atoms with Gasteiger partial charge in [0.15, 0.2) is 11.5 Å². The molecule has 0 saturated carbocycles. The molecule has 0 radical (unpaired) electrons. The molecule has 0 aromatic heterocycles. The molecule has 0 saturated heterocycles. The molecule has 0 fully saturated rings. The average Bonchev–Trinajstić information content (AvgIpc) is 3.09. The summed E-state index contributed by atoms with van der Waals surface area (Å²) in [4.78, 5) is 40.4. The maximum Gasteiger partial charge on any atom is 0.272 e. The van der Waals surface area contributed by atoms with Crippen molar-refractivity contribution in [1.29, 1.82) is 0 Å². The zero-order valence-electron chi connectivity index (χ0n) is 25.0. The van der Waals surface area contributed by atoms with Gasteiger partial charge in [0.05, 0.1) is 5.25 Å². The fourth-order valence-corrected chi connectivity index (χ4v) is 5.78. The van der Waals surface area contributed by atoms with E-state index in [0.29, 0.717) is 41.7 Å². The summed E-state index contributed by atoms with van der Waals surface area (Å²) < 4.78 is 11.1. The minimum absolute atomic E-state index is 0.105. The van der Waals surface area contributed by atoms with E-state index < -0.39 is 17.1 Å². The predicted molar refractivity (Wildman–Crippen MR) is 182 cm³/mol. The summed E-state index contributed by atoms with van der Waals surface area (Å²) in [7, 11) is 0. The van der Waals surface area contributed by atoms with Crippen molar-refractivity contribution in [3.05, 3.63) is 132 Å². The van der Waals surface area contributed by atoms with E-state index in [1.807, 2.05) is 67.6 Å². The van der Waals surface area contributed by atoms with Gasteiger partial charge in [-0.1, -0.05) is 60.7 Å². The first-order valence-corrected chi connectivity index (χ1v) is 15.7. The van der Waals surface area contributed by atoms with E-state index in [-0.39, 0.29) is 11.6 Å². The molecule has 0 bridgehead atoms. The van der Waals surface area contributed by atoms with Gasteiger partial charge < -0.3 is 25.4 Å². The van der Waals surface area contributed by atoms with Gasteiger partial charge in [-0.15, -0.1) is 11.8 Å². The molecule has 230 valence electrons. The molecule has 3 amide bonds. The summed E-state index contributed by atoms with van der Waals surface area (Å²) >= 11 is 1.39. The van der Waals surface area contributed by atoms with E-state index in [1.54, 1.807) is 60.7 Å². The van der Waals surface area contributed by atoms with Gasteiger partial charge in [0.25, 0.3) is 11.8 Å². The molecule has 1 unspecified atom stereocenters. The summed E-state index contributed by atoms with van der Waals surface area (Å²) in [6.07, 6.45) is 1.69. The van der Waals surface area contributed by atoms with E-state index in [1.165, 1.54) is 11.8 Å². The third kappa shape index (κ3) is 7.39. The second kappa shape index (κ2) is 14.0. The third-order valence-electron chi connectivity index (χ3n) is 7.26. The highest BCUT2D eigenvalue weighted by Crippen LogP contribution is 2.33. The highest BCUT2D eigenvalue weighted by atomic mass is 32.2. The van der Waals surface area contributed by atoms with Crippen LogP contribution in [0.3, 0.4) is 0 Å². The summed E-state index contributed by atoms with van der Waals surface area (Å²) in [5, 5.41) is 10.2. The Morgan fingerprint density at radius 2 is 1.43 bits per heavy atom. The summed E-state index contributed by atoms with van der Waals surface area (Å²) in [6, 6.07) is 35.0. The Hall–Kier alpha value is -5.54. The van der Waals surface area contributed by atoms with E-state index in [4.69, 9.17) is 9.47 Å². The van der Waals surface area contributed by atoms with E-state index in [2.05, 4.69) is 16.0 Å². The van der Waals surface area contributed by atoms with Gasteiger partial charge in [-0.05, 0) is 77.9 Å². The van der Waals surface area contributed by atoms with Gasteiger partial charge in [0.2, 0.25) is 5.91 Å². The van der Waals surface area contributed by atoms with Crippen LogP contribution >= 0.6 is 11.8 Å². The molecule has 5 aromatic rings. The number of thioether (sulfide) groups is 1. The highest BCUT2D eigenvalue weighted by molar-refractivity contribution is 8.00. The summed E-state index contributed by atoms with van der Waals surface area (Å²) in [5.41, 5.74) is 2.51. The lowest BCUT2D eigenvalue weighted by molar-refractivity contribution is -0.115. The smallest absolute Gasteiger partial charge is 0.272 e. The Morgan fingerprint density at radius 3 is 2.24 bits per heavy atom. The molecular weight excluding hydrogens is 598 g/mol. The summed E-state index contributed by atoms with van der Waals surface area (Å²) in [5.74, 6) is 0.254. The van der Waals surface area contributed by atoms with E-state index in [0.717, 1.165) is 21.2 Å². The Bertz CT molecular complexity index is 1920. The molecule has 0 aliphatic carbocycles. The second-order valence-electron chi connectivity index (χ2n) is 10.5. The first-order valence-electron chi connectivity index (χ1n) is 14.8. The number of hydrogen-bond donors (Lipinski definition) is 3. The number of amides is 3. The molecule has 3 N–H and O–H groups in total. The van der Waals surface area contributed by atoms with Crippen LogP contribution in [-0.4, -0.2) is 36.2 Å². The summed E-state index contributed by atoms with van der Waals surface area (Å²) in [6.45, 7) is 2.80. The monoisotopic (exact) mass is 629 g/mol. The predicted octanol–water partition coefficient (Wildman–Crippen LogP) is 7.14. The van der Waals surface area contributed by atoms with Crippen LogP contribution in [0.5, 0.6) is 11.5 Å². The second-order valence-corrected chi connectivity index (χ2v) is 11.9. The van der Waals surface area contributed by atoms with Crippen LogP contribution in [0.2, 0.25) is 0 Å². The number of carbonyl (C=O) groups excluding carboxylic acids is 3. The Balaban J connectivity index is 1.14. The lowest BCUT2D eigenvalue weighted by Gasteiger charge is -2.19. The van der Waals surface area contributed by atoms with Crippen LogP contribution in [-0.2, 0) is 9.59 Å². The third-order valence-corrected chi connectivity index (χ3v) is 8.37. The van der Waals surface area contributed by atoms with E-state index in [9.17, 15) is 14.4 Å². The number of benzene rings is 5. The van der Waals surface area contributed by atoms with Crippen LogP contribution in [0.15, 0.2) is 126 Å². The number of nitrogens with one attached hydrogen (secondary N) is 3. The van der Waals surface area contributed by atoms with Crippen molar-refractivity contribution in [1.82, 2.24) is 5.32 Å². The molecule has 46 heavy (non-hydrogen) atoms. The fraction of sp³-hybridized carbons (Fsp3) is 0.108. The molecular formula is C37H31N3O5S. The number of hydrogen-bond acceptors (Lipinski definition) is 6. The molecule has 1 atom stereocenters. The lowest BCUT2D eigenvalue weighted by atomic mass is 10.0. The van der Waals surface area contributed by atoms with Crippen molar-refractivity contribution in [3.8, 4) is 11.5 Å². The normalized spacial score (nSPS) is 13.0. The molecule has 5 aromatic carbocycles. The Morgan fingerprint density at radius 1 is 0.739 bits per heavy atom. The number of fused-ring (bicyclic) bond motifs is 2. The zero-order valence-corrected chi connectivity index (χ0v) is 25.8. The van der Waals surface area contributed by atoms with Crippen molar-refractivity contribution in [2.45, 2.75) is 17.1 Å². The van der Waals surface area contributed by atoms with Crippen LogP contribution in [0.25, 0.3) is 16.8 Å². The Labute approximate surface area is 270 Å². The average molecular weight is 630 g/mol. The maximum absolute atomic E-state index is 13.6. The number of anilines is 2. The topological polar surface area (TPSA) is 106 Å². The van der Waals surface area contributed by atoms with Crippen molar-refractivity contribution >= 4 is 57.7 Å². The zero-order chi connectivity index (χ0) is 31.9. The highest BCUT2D eigenvalue weighted by Gasteiger charge is 2.19. The first-order chi connectivity index (χ1) is 22.4. The fourth-order valence-electron chi connectivity index (χ4n) is 4.91. The maximum atomic E-state index is 13.6. The van der Waals surface area contributed by atoms with Crippen LogP contribution in [0, 0.1) is 0 Å². The minimum atomic E-state index is -0.468. The van der Waals surface area contributed by atoms with Gasteiger partial charge in [0.1, 0.15) is 18.9 Å².